The van der Waals surface area contributed by atoms with Crippen molar-refractivity contribution in [2.24, 2.45) is 17.3 Å². The molecule has 1 aromatic carbocycles. The Morgan fingerprint density at radius 1 is 1.21 bits per heavy atom. The molecule has 0 radical (unpaired) electrons. The van der Waals surface area contributed by atoms with Crippen molar-refractivity contribution < 1.29 is 19.2 Å². The molecule has 0 aliphatic heterocycles. The smallest absolute Gasteiger partial charge is 0.462 e. The molecule has 34 heavy (non-hydrogen) atoms. The number of hydrogen-bond donors (Lipinski definition) is 1. The molecule has 1 heterocycles. The Bertz CT molecular complexity index is 1100. The molecule has 0 spiro atoms. The molecular weight excluding hydrogens is 438 g/mol. The van der Waals surface area contributed by atoms with E-state index in [0.717, 1.165) is 44.9 Å². The summed E-state index contributed by atoms with van der Waals surface area (Å²) >= 11 is 0. The highest BCUT2D eigenvalue weighted by Crippen LogP contribution is 2.64. The predicted molar refractivity (Wildman–Crippen MR) is 122 cm³/mol. The van der Waals surface area contributed by atoms with E-state index in [-0.39, 0.29) is 11.9 Å². The van der Waals surface area contributed by atoms with Gasteiger partial charge in [-0.1, -0.05) is 18.3 Å². The summed E-state index contributed by atoms with van der Waals surface area (Å²) in [6.45, 7) is 2.43. The number of nitrogens with zero attached hydrogens (tertiary/aromatic N) is 4. The largest absolute Gasteiger partial charge is 0.490 e. The molecule has 4 aliphatic carbocycles. The van der Waals surface area contributed by atoms with Gasteiger partial charge in [0, 0.05) is 10.8 Å². The predicted octanol–water partition coefficient (Wildman–Crippen LogP) is 4.08. The van der Waals surface area contributed by atoms with E-state index in [1.165, 1.54) is 6.33 Å². The van der Waals surface area contributed by atoms with Gasteiger partial charge in [-0.15, -0.1) is 0 Å². The summed E-state index contributed by atoms with van der Waals surface area (Å²) in [4.78, 5) is 40.1. The molecule has 10 nitrogen and oxygen atoms in total. The summed E-state index contributed by atoms with van der Waals surface area (Å²) < 4.78 is 6.90. The van der Waals surface area contributed by atoms with E-state index in [1.807, 2.05) is 6.92 Å². The van der Waals surface area contributed by atoms with Crippen LogP contribution in [-0.4, -0.2) is 38.2 Å². The second-order valence-electron chi connectivity index (χ2n) is 10.2. The molecule has 2 unspecified atom stereocenters. The van der Waals surface area contributed by atoms with Gasteiger partial charge in [0.25, 0.3) is 0 Å². The highest BCUT2D eigenvalue weighted by atomic mass is 16.6. The summed E-state index contributed by atoms with van der Waals surface area (Å²) in [6, 6.07) is 6.79. The quantitative estimate of drug-likeness (QED) is 0.268. The van der Waals surface area contributed by atoms with Crippen LogP contribution < -0.4 is 5.32 Å². The van der Waals surface area contributed by atoms with Crippen LogP contribution in [0.5, 0.6) is 0 Å². The van der Waals surface area contributed by atoms with E-state index in [0.29, 0.717) is 36.1 Å². The summed E-state index contributed by atoms with van der Waals surface area (Å²) in [5, 5.41) is 18.3. The van der Waals surface area contributed by atoms with E-state index in [2.05, 4.69) is 15.4 Å². The fourth-order valence-electron chi connectivity index (χ4n) is 6.66. The molecule has 1 N–H and O–H groups in total. The van der Waals surface area contributed by atoms with Gasteiger partial charge in [0.2, 0.25) is 12.2 Å². The Morgan fingerprint density at radius 3 is 2.53 bits per heavy atom. The second-order valence-corrected chi connectivity index (χ2v) is 10.2. The third-order valence-corrected chi connectivity index (χ3v) is 7.75. The molecule has 180 valence electrons. The topological polar surface area (TPSA) is 129 Å². The van der Waals surface area contributed by atoms with Gasteiger partial charge in [-0.2, -0.15) is 4.68 Å². The molecule has 1 aromatic heterocycles. The van der Waals surface area contributed by atoms with Crippen LogP contribution in [0.1, 0.15) is 68.6 Å². The van der Waals surface area contributed by atoms with Crippen molar-refractivity contribution in [2.75, 3.05) is 11.9 Å². The van der Waals surface area contributed by atoms with Gasteiger partial charge in [-0.3, -0.25) is 4.79 Å². The Morgan fingerprint density at radius 2 is 1.91 bits per heavy atom. The highest BCUT2D eigenvalue weighted by molar-refractivity contribution is 5.96. The van der Waals surface area contributed by atoms with Crippen molar-refractivity contribution in [3.8, 4) is 0 Å². The second kappa shape index (κ2) is 8.48. The van der Waals surface area contributed by atoms with E-state index in [9.17, 15) is 19.7 Å². The van der Waals surface area contributed by atoms with E-state index in [1.54, 1.807) is 28.9 Å². The van der Waals surface area contributed by atoms with Crippen molar-refractivity contribution in [1.82, 2.24) is 14.8 Å². The first kappa shape index (κ1) is 22.5. The first-order valence-electron chi connectivity index (χ1n) is 12.0. The number of nitrogens with one attached hydrogen (secondary N) is 1. The highest BCUT2D eigenvalue weighted by Gasteiger charge is 2.62. The van der Waals surface area contributed by atoms with Gasteiger partial charge in [0.05, 0.1) is 23.1 Å². The number of hydrogen-bond acceptors (Lipinski definition) is 7. The lowest BCUT2D eigenvalue weighted by Gasteiger charge is -2.60. The number of benzene rings is 1. The van der Waals surface area contributed by atoms with Crippen molar-refractivity contribution in [1.29, 1.82) is 0 Å². The first-order valence-corrected chi connectivity index (χ1v) is 12.0. The SMILES string of the molecule is CCCCOC(=O)c1ccc(NC(=O)C23C[C@H]4C[C@@H](C2)CC(n2cnc([N+](=O)[O-])n2)(C4)C3)cc1. The fourth-order valence-corrected chi connectivity index (χ4v) is 6.66. The summed E-state index contributed by atoms with van der Waals surface area (Å²) in [6.07, 6.45) is 8.29. The minimum atomic E-state index is -0.581. The molecule has 4 aliphatic rings. The molecular formula is C24H29N5O5. The van der Waals surface area contributed by atoms with Crippen molar-refractivity contribution in [3.05, 3.63) is 46.3 Å². The number of nitro groups is 1. The van der Waals surface area contributed by atoms with Crippen LogP contribution in [0, 0.1) is 27.4 Å². The normalized spacial score (nSPS) is 29.1. The van der Waals surface area contributed by atoms with Crippen molar-refractivity contribution in [2.45, 2.75) is 63.8 Å². The summed E-state index contributed by atoms with van der Waals surface area (Å²) in [7, 11) is 0. The van der Waals surface area contributed by atoms with Crippen LogP contribution in [0.3, 0.4) is 0 Å². The maximum atomic E-state index is 13.6. The molecule has 4 atom stereocenters. The average Bonchev–Trinajstić information content (AvgIpc) is 3.31. The number of ether oxygens (including phenoxy) is 1. The van der Waals surface area contributed by atoms with Gasteiger partial charge >= 0.3 is 11.9 Å². The van der Waals surface area contributed by atoms with Gasteiger partial charge in [-0.25, -0.2) is 4.79 Å². The number of rotatable bonds is 8. The van der Waals surface area contributed by atoms with Crippen LogP contribution in [0.4, 0.5) is 11.6 Å². The molecule has 10 heteroatoms. The number of carbonyl (C=O) groups is 2. The zero-order chi connectivity index (χ0) is 23.9. The maximum Gasteiger partial charge on any atom is 0.490 e. The first-order chi connectivity index (χ1) is 16.3. The molecule has 4 bridgehead atoms. The Hall–Kier alpha value is -3.30. The fraction of sp³-hybridized carbons (Fsp3) is 0.583. The summed E-state index contributed by atoms with van der Waals surface area (Å²) in [5.41, 5.74) is 0.143. The minimum absolute atomic E-state index is 0.0288. The number of amides is 1. The van der Waals surface area contributed by atoms with Gasteiger partial charge in [0.15, 0.2) is 0 Å². The van der Waals surface area contributed by atoms with Crippen molar-refractivity contribution >= 4 is 23.5 Å². The standard InChI is InChI=1S/C24H29N5O5/c1-2-3-8-34-20(30)18-4-6-19(7-5-18)26-21(31)23-10-16-9-17(11-23)13-24(12-16,14-23)28-15-25-22(27-28)29(32)33/h4-7,15-17H,2-3,8-14H2,1H3,(H,26,31)/t16-,17+,23?,24?. The molecule has 1 amide bonds. The van der Waals surface area contributed by atoms with Crippen LogP contribution in [0.2, 0.25) is 0 Å². The molecule has 2 aromatic rings. The van der Waals surface area contributed by atoms with Gasteiger partial charge < -0.3 is 20.2 Å². The van der Waals surface area contributed by atoms with Gasteiger partial charge in [0.1, 0.15) is 0 Å². The monoisotopic (exact) mass is 467 g/mol. The van der Waals surface area contributed by atoms with E-state index >= 15 is 0 Å². The Kier molecular flexibility index (Phi) is 5.61. The third-order valence-electron chi connectivity index (χ3n) is 7.75. The zero-order valence-corrected chi connectivity index (χ0v) is 19.2. The molecule has 0 saturated heterocycles. The van der Waals surface area contributed by atoms with Crippen LogP contribution in [-0.2, 0) is 15.1 Å². The maximum absolute atomic E-state index is 13.6. The molecule has 4 fully saturated rings. The zero-order valence-electron chi connectivity index (χ0n) is 19.2. The number of carbonyl (C=O) groups excluding carboxylic acids is 2. The lowest BCUT2D eigenvalue weighted by atomic mass is 9.46. The number of unbranched alkanes of at least 4 members (excludes halogenated alkanes) is 1. The van der Waals surface area contributed by atoms with Crippen LogP contribution >= 0.6 is 0 Å². The lowest BCUT2D eigenvalue weighted by molar-refractivity contribution is -0.394. The van der Waals surface area contributed by atoms with E-state index < -0.39 is 21.8 Å². The Labute approximate surface area is 197 Å². The lowest BCUT2D eigenvalue weighted by Crippen LogP contribution is -2.60. The molecule has 6 rings (SSSR count). The van der Waals surface area contributed by atoms with Crippen LogP contribution in [0.15, 0.2) is 30.6 Å². The number of aromatic nitrogens is 3. The third kappa shape index (κ3) is 3.95. The Balaban J connectivity index is 1.32. The van der Waals surface area contributed by atoms with E-state index in [4.69, 9.17) is 4.74 Å². The average molecular weight is 468 g/mol. The van der Waals surface area contributed by atoms with Gasteiger partial charge in [-0.05, 0) is 86.0 Å². The van der Waals surface area contributed by atoms with Crippen LogP contribution in [0.25, 0.3) is 0 Å². The summed E-state index contributed by atoms with van der Waals surface area (Å²) in [5.74, 6) is -0.0243. The number of anilines is 1. The molecule has 4 saturated carbocycles. The van der Waals surface area contributed by atoms with Crippen molar-refractivity contribution in [3.63, 3.8) is 0 Å². The minimum Gasteiger partial charge on any atom is -0.462 e. The number of esters is 1.